The van der Waals surface area contributed by atoms with Crippen molar-refractivity contribution >= 4 is 5.91 Å². The molecule has 5 heteroatoms. The predicted octanol–water partition coefficient (Wildman–Crippen LogP) is 5.30. The first-order chi connectivity index (χ1) is 15.5. The van der Waals surface area contributed by atoms with Crippen LogP contribution >= 0.6 is 0 Å². The summed E-state index contributed by atoms with van der Waals surface area (Å²) in [6, 6.07) is 18.6. The highest BCUT2D eigenvalue weighted by molar-refractivity contribution is 5.79. The molecule has 0 aliphatic carbocycles. The van der Waals surface area contributed by atoms with Crippen molar-refractivity contribution < 1.29 is 9.21 Å². The van der Waals surface area contributed by atoms with E-state index in [9.17, 15) is 4.79 Å². The van der Waals surface area contributed by atoms with E-state index in [4.69, 9.17) is 9.40 Å². The third-order valence-corrected chi connectivity index (χ3v) is 6.49. The Morgan fingerprint density at radius 1 is 1.12 bits per heavy atom. The Kier molecular flexibility index (Phi) is 7.05. The lowest BCUT2D eigenvalue weighted by atomic mass is 9.95. The summed E-state index contributed by atoms with van der Waals surface area (Å²) < 4.78 is 5.96. The van der Waals surface area contributed by atoms with Crippen LogP contribution in [0.3, 0.4) is 0 Å². The summed E-state index contributed by atoms with van der Waals surface area (Å²) in [6.07, 6.45) is 2.76. The van der Waals surface area contributed by atoms with Gasteiger partial charge in [0.25, 0.3) is 0 Å². The highest BCUT2D eigenvalue weighted by atomic mass is 16.4. The van der Waals surface area contributed by atoms with Crippen LogP contribution in [0.25, 0.3) is 11.5 Å². The average Bonchev–Trinajstić information content (AvgIpc) is 3.20. The van der Waals surface area contributed by atoms with Gasteiger partial charge in [-0.05, 0) is 69.5 Å². The second-order valence-corrected chi connectivity index (χ2v) is 8.76. The van der Waals surface area contributed by atoms with Crippen LogP contribution in [0.15, 0.2) is 59.0 Å². The molecule has 2 aromatic carbocycles. The zero-order valence-electron chi connectivity index (χ0n) is 19.3. The van der Waals surface area contributed by atoms with Crippen LogP contribution in [0.4, 0.5) is 0 Å². The van der Waals surface area contributed by atoms with Gasteiger partial charge < -0.3 is 9.73 Å². The summed E-state index contributed by atoms with van der Waals surface area (Å²) in [5.74, 6) is 1.79. The number of likely N-dealkylation sites (tertiary alicyclic amines) is 1. The lowest BCUT2D eigenvalue weighted by Gasteiger charge is -2.31. The Morgan fingerprint density at radius 3 is 2.47 bits per heavy atom. The molecule has 32 heavy (non-hydrogen) atoms. The van der Waals surface area contributed by atoms with Crippen molar-refractivity contribution in [2.45, 2.75) is 52.6 Å². The topological polar surface area (TPSA) is 58.4 Å². The van der Waals surface area contributed by atoms with Gasteiger partial charge in [-0.3, -0.25) is 9.69 Å². The number of rotatable bonds is 7. The van der Waals surface area contributed by atoms with Crippen molar-refractivity contribution in [3.8, 4) is 11.5 Å². The molecule has 0 saturated carbocycles. The molecule has 1 unspecified atom stereocenters. The number of benzene rings is 2. The first kappa shape index (κ1) is 22.3. The quantitative estimate of drug-likeness (QED) is 0.551. The number of carbonyl (C=O) groups excluding carboxylic acids is 1. The SMILES string of the molecule is CCc1ccc(-c2nc(CN3CCC(C(=O)NC(C)c4ccccc4)CC3)c(C)o2)cc1. The fourth-order valence-electron chi connectivity index (χ4n) is 4.30. The molecule has 2 heterocycles. The summed E-state index contributed by atoms with van der Waals surface area (Å²) in [5, 5.41) is 3.18. The summed E-state index contributed by atoms with van der Waals surface area (Å²) in [4.78, 5) is 19.9. The van der Waals surface area contributed by atoms with E-state index in [-0.39, 0.29) is 17.9 Å². The number of hydrogen-bond acceptors (Lipinski definition) is 4. The normalized spacial score (nSPS) is 16.1. The zero-order valence-corrected chi connectivity index (χ0v) is 19.3. The highest BCUT2D eigenvalue weighted by Gasteiger charge is 2.27. The van der Waals surface area contributed by atoms with Gasteiger partial charge in [0.05, 0.1) is 11.7 Å². The second-order valence-electron chi connectivity index (χ2n) is 8.76. The van der Waals surface area contributed by atoms with E-state index >= 15 is 0 Å². The van der Waals surface area contributed by atoms with E-state index in [0.29, 0.717) is 5.89 Å². The molecule has 168 valence electrons. The summed E-state index contributed by atoms with van der Waals surface area (Å²) >= 11 is 0. The van der Waals surface area contributed by atoms with Gasteiger partial charge in [0.1, 0.15) is 5.76 Å². The van der Waals surface area contributed by atoms with Crippen molar-refractivity contribution in [1.29, 1.82) is 0 Å². The molecule has 5 nitrogen and oxygen atoms in total. The summed E-state index contributed by atoms with van der Waals surface area (Å²) in [7, 11) is 0. The Bertz CT molecular complexity index is 1020. The predicted molar refractivity (Wildman–Crippen MR) is 127 cm³/mol. The molecule has 1 saturated heterocycles. The highest BCUT2D eigenvalue weighted by Crippen LogP contribution is 2.25. The largest absolute Gasteiger partial charge is 0.441 e. The van der Waals surface area contributed by atoms with Crippen molar-refractivity contribution in [3.63, 3.8) is 0 Å². The molecule has 1 fully saturated rings. The number of oxazole rings is 1. The molecule has 3 aromatic rings. The van der Waals surface area contributed by atoms with Gasteiger partial charge in [0, 0.05) is 18.0 Å². The first-order valence-corrected chi connectivity index (χ1v) is 11.7. The van der Waals surface area contributed by atoms with Crippen LogP contribution in [0.1, 0.15) is 55.3 Å². The van der Waals surface area contributed by atoms with Crippen LogP contribution in [-0.2, 0) is 17.8 Å². The molecule has 0 radical (unpaired) electrons. The minimum absolute atomic E-state index is 0.0318. The second kappa shape index (κ2) is 10.1. The maximum atomic E-state index is 12.7. The Morgan fingerprint density at radius 2 is 1.81 bits per heavy atom. The lowest BCUT2D eigenvalue weighted by molar-refractivity contribution is -0.127. The van der Waals surface area contributed by atoms with Gasteiger partial charge in [0.15, 0.2) is 0 Å². The number of aromatic nitrogens is 1. The van der Waals surface area contributed by atoms with Crippen LogP contribution in [0.5, 0.6) is 0 Å². The average molecular weight is 432 g/mol. The summed E-state index contributed by atoms with van der Waals surface area (Å²) in [6.45, 7) is 8.73. The minimum Gasteiger partial charge on any atom is -0.441 e. The summed E-state index contributed by atoms with van der Waals surface area (Å²) in [5.41, 5.74) is 4.45. The van der Waals surface area contributed by atoms with Gasteiger partial charge in [-0.15, -0.1) is 0 Å². The van der Waals surface area contributed by atoms with Gasteiger partial charge in [-0.25, -0.2) is 4.98 Å². The monoisotopic (exact) mass is 431 g/mol. The number of nitrogens with zero attached hydrogens (tertiary/aromatic N) is 2. The molecular formula is C27H33N3O2. The maximum Gasteiger partial charge on any atom is 0.226 e. The van der Waals surface area contributed by atoms with Crippen molar-refractivity contribution in [1.82, 2.24) is 15.2 Å². The number of piperidine rings is 1. The van der Waals surface area contributed by atoms with E-state index in [1.165, 1.54) is 5.56 Å². The van der Waals surface area contributed by atoms with Crippen LogP contribution in [0.2, 0.25) is 0 Å². The van der Waals surface area contributed by atoms with Crippen LogP contribution in [0, 0.1) is 12.8 Å². The van der Waals surface area contributed by atoms with Crippen LogP contribution < -0.4 is 5.32 Å². The van der Waals surface area contributed by atoms with E-state index in [1.54, 1.807) is 0 Å². The van der Waals surface area contributed by atoms with E-state index in [2.05, 4.69) is 53.5 Å². The van der Waals surface area contributed by atoms with Crippen molar-refractivity contribution in [2.75, 3.05) is 13.1 Å². The van der Waals surface area contributed by atoms with Crippen molar-refractivity contribution in [2.24, 2.45) is 5.92 Å². The molecule has 0 bridgehead atoms. The fraction of sp³-hybridized carbons (Fsp3) is 0.407. The van der Waals surface area contributed by atoms with E-state index in [0.717, 1.165) is 61.5 Å². The number of aryl methyl sites for hydroxylation is 2. The Hall–Kier alpha value is -2.92. The zero-order chi connectivity index (χ0) is 22.5. The molecule has 1 atom stereocenters. The molecule has 1 amide bonds. The third-order valence-electron chi connectivity index (χ3n) is 6.49. The maximum absolute atomic E-state index is 12.7. The van der Waals surface area contributed by atoms with Gasteiger partial charge in [-0.2, -0.15) is 0 Å². The molecule has 1 N–H and O–H groups in total. The standard InChI is InChI=1S/C27H33N3O2/c1-4-21-10-12-24(13-11-21)27-29-25(20(3)32-27)18-30-16-14-23(15-17-30)26(31)28-19(2)22-8-6-5-7-9-22/h5-13,19,23H,4,14-18H2,1-3H3,(H,28,31). The molecular weight excluding hydrogens is 398 g/mol. The van der Waals surface area contributed by atoms with E-state index in [1.807, 2.05) is 32.0 Å². The Balaban J connectivity index is 1.30. The number of hydrogen-bond donors (Lipinski definition) is 1. The van der Waals surface area contributed by atoms with Gasteiger partial charge >= 0.3 is 0 Å². The number of nitrogens with one attached hydrogen (secondary N) is 1. The molecule has 1 aromatic heterocycles. The third kappa shape index (κ3) is 5.28. The number of carbonyl (C=O) groups is 1. The molecule has 1 aliphatic heterocycles. The van der Waals surface area contributed by atoms with Gasteiger partial charge in [0.2, 0.25) is 11.8 Å². The molecule has 1 aliphatic rings. The van der Waals surface area contributed by atoms with Gasteiger partial charge in [-0.1, -0.05) is 49.4 Å². The number of amides is 1. The fourth-order valence-corrected chi connectivity index (χ4v) is 4.30. The molecule has 0 spiro atoms. The lowest BCUT2D eigenvalue weighted by Crippen LogP contribution is -2.41. The van der Waals surface area contributed by atoms with E-state index < -0.39 is 0 Å². The first-order valence-electron chi connectivity index (χ1n) is 11.7. The van der Waals surface area contributed by atoms with Crippen molar-refractivity contribution in [3.05, 3.63) is 77.2 Å². The Labute approximate surface area is 190 Å². The minimum atomic E-state index is 0.0318. The smallest absolute Gasteiger partial charge is 0.226 e. The van der Waals surface area contributed by atoms with Crippen LogP contribution in [-0.4, -0.2) is 28.9 Å². The molecule has 4 rings (SSSR count).